The van der Waals surface area contributed by atoms with Gasteiger partial charge in [0.1, 0.15) is 11.6 Å². The number of amides is 1. The number of carbonyl (C=O) groups excluding carboxylic acids is 1. The Hall–Kier alpha value is -3.82. The zero-order chi connectivity index (χ0) is 22.8. The fraction of sp³-hybridized carbons (Fsp3) is 0.227. The summed E-state index contributed by atoms with van der Waals surface area (Å²) in [5.41, 5.74) is 12.6. The van der Waals surface area contributed by atoms with Gasteiger partial charge in [-0.05, 0) is 37.1 Å². The molecule has 1 amide bonds. The zero-order valence-electron chi connectivity index (χ0n) is 17.0. The van der Waals surface area contributed by atoms with Crippen LogP contribution in [0.3, 0.4) is 0 Å². The first-order valence-electron chi connectivity index (χ1n) is 10.0. The van der Waals surface area contributed by atoms with Crippen molar-refractivity contribution in [3.8, 4) is 11.3 Å². The van der Waals surface area contributed by atoms with Crippen LogP contribution in [0.1, 0.15) is 12.8 Å². The molecule has 4 rings (SSSR count). The number of hydrogen-bond acceptors (Lipinski definition) is 6. The Morgan fingerprint density at radius 3 is 2.56 bits per heavy atom. The first-order valence-corrected chi connectivity index (χ1v) is 10.0. The predicted octanol–water partition coefficient (Wildman–Crippen LogP) is 3.58. The smallest absolute Gasteiger partial charge is 0.229 e. The first kappa shape index (κ1) is 21.4. The van der Waals surface area contributed by atoms with Gasteiger partial charge >= 0.3 is 0 Å². The Labute approximate surface area is 182 Å². The maximum absolute atomic E-state index is 13.9. The predicted molar refractivity (Wildman–Crippen MR) is 116 cm³/mol. The summed E-state index contributed by atoms with van der Waals surface area (Å²) in [7, 11) is 0. The van der Waals surface area contributed by atoms with Crippen molar-refractivity contribution in [3.63, 3.8) is 0 Å². The number of nitrogens with two attached hydrogens (primary N) is 2. The minimum Gasteiger partial charge on any atom is -0.396 e. The molecule has 1 saturated heterocycles. The van der Waals surface area contributed by atoms with E-state index >= 15 is 0 Å². The Morgan fingerprint density at radius 1 is 1.00 bits per heavy atom. The first-order chi connectivity index (χ1) is 15.3. The van der Waals surface area contributed by atoms with Crippen LogP contribution in [0.4, 0.5) is 36.3 Å². The zero-order valence-corrected chi connectivity index (χ0v) is 17.0. The molecule has 1 fully saturated rings. The third kappa shape index (κ3) is 4.58. The second-order valence-electron chi connectivity index (χ2n) is 7.61. The van der Waals surface area contributed by atoms with E-state index in [0.717, 1.165) is 12.1 Å². The molecule has 0 spiro atoms. The summed E-state index contributed by atoms with van der Waals surface area (Å²) in [4.78, 5) is 23.1. The van der Waals surface area contributed by atoms with E-state index in [0.29, 0.717) is 43.0 Å². The molecule has 1 aliphatic rings. The molecule has 32 heavy (non-hydrogen) atoms. The number of piperidine rings is 1. The van der Waals surface area contributed by atoms with Crippen LogP contribution in [0, 0.1) is 23.4 Å². The van der Waals surface area contributed by atoms with Crippen molar-refractivity contribution < 1.29 is 18.0 Å². The number of rotatable bonds is 4. The second kappa shape index (κ2) is 8.74. The highest BCUT2D eigenvalue weighted by Gasteiger charge is 2.27. The third-order valence-corrected chi connectivity index (χ3v) is 5.33. The lowest BCUT2D eigenvalue weighted by molar-refractivity contribution is -0.120. The lowest BCUT2D eigenvalue weighted by Crippen LogP contribution is -2.41. The third-order valence-electron chi connectivity index (χ3n) is 5.33. The largest absolute Gasteiger partial charge is 0.396 e. The molecule has 5 N–H and O–H groups in total. The van der Waals surface area contributed by atoms with Gasteiger partial charge in [-0.15, -0.1) is 0 Å². The van der Waals surface area contributed by atoms with E-state index in [9.17, 15) is 18.0 Å². The van der Waals surface area contributed by atoms with Crippen LogP contribution in [0.2, 0.25) is 0 Å². The molecule has 1 atom stereocenters. The summed E-state index contributed by atoms with van der Waals surface area (Å²) in [6.45, 7) is 0.989. The highest BCUT2D eigenvalue weighted by Crippen LogP contribution is 2.28. The number of aromatic nitrogens is 2. The van der Waals surface area contributed by atoms with Gasteiger partial charge in [0, 0.05) is 36.5 Å². The lowest BCUT2D eigenvalue weighted by atomic mass is 9.97. The Bertz CT molecular complexity index is 1170. The van der Waals surface area contributed by atoms with Gasteiger partial charge < -0.3 is 21.7 Å². The van der Waals surface area contributed by atoms with Crippen LogP contribution in [-0.2, 0) is 4.79 Å². The van der Waals surface area contributed by atoms with Crippen molar-refractivity contribution in [3.05, 3.63) is 59.9 Å². The minimum atomic E-state index is -1.03. The minimum absolute atomic E-state index is 0.0168. The molecule has 7 nitrogen and oxygen atoms in total. The van der Waals surface area contributed by atoms with E-state index in [2.05, 4.69) is 15.3 Å². The fourth-order valence-corrected chi connectivity index (χ4v) is 3.67. The topological polar surface area (TPSA) is 110 Å². The number of benzene rings is 2. The summed E-state index contributed by atoms with van der Waals surface area (Å²) in [5, 5.41) is 2.63. The number of halogens is 3. The van der Waals surface area contributed by atoms with Gasteiger partial charge in [0.25, 0.3) is 0 Å². The average Bonchev–Trinajstić information content (AvgIpc) is 2.78. The maximum atomic E-state index is 13.9. The number of hydrogen-bond donors (Lipinski definition) is 3. The van der Waals surface area contributed by atoms with Crippen molar-refractivity contribution >= 4 is 29.0 Å². The molecule has 1 aromatic heterocycles. The summed E-state index contributed by atoms with van der Waals surface area (Å²) in [5.74, 6) is -2.75. The van der Waals surface area contributed by atoms with Crippen LogP contribution in [0.15, 0.2) is 42.5 Å². The lowest BCUT2D eigenvalue weighted by Gasteiger charge is -2.33. The normalized spacial score (nSPS) is 16.1. The van der Waals surface area contributed by atoms with E-state index < -0.39 is 23.4 Å². The SMILES string of the molecule is Nc1nc(-c2ccc(N)c(F)c2)cc(N2CCC[C@H](C(=O)Nc3ccc(F)c(F)c3)C2)n1. The number of nitrogen functional groups attached to an aromatic ring is 2. The van der Waals surface area contributed by atoms with Crippen LogP contribution in [0.5, 0.6) is 0 Å². The molecule has 0 radical (unpaired) electrons. The fourth-order valence-electron chi connectivity index (χ4n) is 3.67. The molecule has 1 aliphatic heterocycles. The molecule has 0 aliphatic carbocycles. The number of carbonyl (C=O) groups is 1. The maximum Gasteiger partial charge on any atom is 0.229 e. The number of anilines is 4. The molecule has 0 bridgehead atoms. The highest BCUT2D eigenvalue weighted by atomic mass is 19.2. The summed E-state index contributed by atoms with van der Waals surface area (Å²) < 4.78 is 40.4. The Morgan fingerprint density at radius 2 is 1.81 bits per heavy atom. The van der Waals surface area contributed by atoms with Gasteiger partial charge in [0.2, 0.25) is 11.9 Å². The van der Waals surface area contributed by atoms with Crippen molar-refractivity contribution in [1.82, 2.24) is 9.97 Å². The molecular weight excluding hydrogens is 421 g/mol. The number of nitrogens with one attached hydrogen (secondary N) is 1. The summed E-state index contributed by atoms with van der Waals surface area (Å²) in [6.07, 6.45) is 1.34. The van der Waals surface area contributed by atoms with Crippen LogP contribution < -0.4 is 21.7 Å². The monoisotopic (exact) mass is 442 g/mol. The molecule has 2 aromatic carbocycles. The van der Waals surface area contributed by atoms with E-state index in [1.54, 1.807) is 12.1 Å². The second-order valence-corrected chi connectivity index (χ2v) is 7.61. The molecule has 0 unspecified atom stereocenters. The van der Waals surface area contributed by atoms with Gasteiger partial charge in [-0.25, -0.2) is 18.2 Å². The van der Waals surface area contributed by atoms with Crippen molar-refractivity contribution in [2.45, 2.75) is 12.8 Å². The van der Waals surface area contributed by atoms with E-state index in [4.69, 9.17) is 11.5 Å². The van der Waals surface area contributed by atoms with Crippen LogP contribution >= 0.6 is 0 Å². The molecule has 3 aromatic rings. The van der Waals surface area contributed by atoms with Crippen molar-refractivity contribution in [2.75, 3.05) is 34.8 Å². The summed E-state index contributed by atoms with van der Waals surface area (Å²) >= 11 is 0. The molecular formula is C22H21F3N6O. The Balaban J connectivity index is 1.52. The summed E-state index contributed by atoms with van der Waals surface area (Å²) in [6, 6.07) is 9.24. The van der Waals surface area contributed by atoms with Gasteiger partial charge in [-0.2, -0.15) is 4.98 Å². The van der Waals surface area contributed by atoms with Crippen molar-refractivity contribution in [1.29, 1.82) is 0 Å². The quantitative estimate of drug-likeness (QED) is 0.533. The molecule has 2 heterocycles. The molecule has 10 heteroatoms. The number of nitrogens with zero attached hydrogens (tertiary/aromatic N) is 3. The Kier molecular flexibility index (Phi) is 5.85. The van der Waals surface area contributed by atoms with Gasteiger partial charge in [0.15, 0.2) is 11.6 Å². The van der Waals surface area contributed by atoms with E-state index in [-0.39, 0.29) is 23.2 Å². The van der Waals surface area contributed by atoms with Gasteiger partial charge in [-0.3, -0.25) is 4.79 Å². The standard InChI is InChI=1S/C22H21F3N6O/c23-15-5-4-14(9-16(15)24)28-21(32)13-2-1-7-31(11-13)20-10-19(29-22(27)30-20)12-3-6-18(26)17(25)8-12/h3-6,8-10,13H,1-2,7,11,26H2,(H,28,32)(H2,27,29,30)/t13-/m0/s1. The van der Waals surface area contributed by atoms with Crippen LogP contribution in [0.25, 0.3) is 11.3 Å². The van der Waals surface area contributed by atoms with Gasteiger partial charge in [-0.1, -0.05) is 6.07 Å². The van der Waals surface area contributed by atoms with Crippen molar-refractivity contribution in [2.24, 2.45) is 5.92 Å². The molecule has 166 valence electrons. The molecule has 0 saturated carbocycles. The van der Waals surface area contributed by atoms with Crippen LogP contribution in [-0.4, -0.2) is 29.0 Å². The highest BCUT2D eigenvalue weighted by molar-refractivity contribution is 5.93. The average molecular weight is 442 g/mol. The van der Waals surface area contributed by atoms with E-state index in [1.807, 2.05) is 4.90 Å². The van der Waals surface area contributed by atoms with Gasteiger partial charge in [0.05, 0.1) is 17.3 Å². The van der Waals surface area contributed by atoms with E-state index in [1.165, 1.54) is 18.2 Å².